The Hall–Kier alpha value is -4.45. The van der Waals surface area contributed by atoms with Gasteiger partial charge in [0.15, 0.2) is 0 Å². The number of nitro groups is 1. The van der Waals surface area contributed by atoms with E-state index in [0.29, 0.717) is 5.56 Å². The summed E-state index contributed by atoms with van der Waals surface area (Å²) in [5.41, 5.74) is 2.06. The molecule has 0 radical (unpaired) electrons. The minimum atomic E-state index is -4.44. The lowest BCUT2D eigenvalue weighted by Crippen LogP contribution is -2.17. The first-order valence-electron chi connectivity index (χ1n) is 8.89. The number of nitrogens with one attached hydrogen (secondary N) is 2. The lowest BCUT2D eigenvalue weighted by atomic mass is 10.2. The van der Waals surface area contributed by atoms with Gasteiger partial charge in [0.1, 0.15) is 10.6 Å². The summed E-state index contributed by atoms with van der Waals surface area (Å²) in [5, 5.41) is 33.7. The summed E-state index contributed by atoms with van der Waals surface area (Å²) in [6.45, 7) is 0. The number of rotatable bonds is 8. The van der Waals surface area contributed by atoms with Gasteiger partial charge >= 0.3 is 5.97 Å². The molecule has 3 aromatic rings. The van der Waals surface area contributed by atoms with Gasteiger partial charge in [-0.25, -0.2) is 13.2 Å². The van der Waals surface area contributed by atoms with Crippen molar-refractivity contribution in [2.45, 2.75) is 4.90 Å². The Bertz CT molecular complexity index is 1310. The van der Waals surface area contributed by atoms with Crippen molar-refractivity contribution in [2.75, 3.05) is 10.1 Å². The predicted molar refractivity (Wildman–Crippen MR) is 117 cm³/mol. The number of non-ortho nitro benzene ring substituents is 1. The number of nitrogens with zero attached hydrogens (tertiary/aromatic N) is 2. The van der Waals surface area contributed by atoms with Crippen LogP contribution in [0.25, 0.3) is 0 Å². The fourth-order valence-electron chi connectivity index (χ4n) is 2.63. The van der Waals surface area contributed by atoms with Crippen LogP contribution in [0.5, 0.6) is 5.75 Å². The first-order valence-corrected chi connectivity index (χ1v) is 10.4. The maximum atomic E-state index is 13.0. The molecule has 4 N–H and O–H groups in total. The summed E-state index contributed by atoms with van der Waals surface area (Å²) in [4.78, 5) is 21.3. The number of sulfonamides is 1. The Kier molecular flexibility index (Phi) is 6.35. The van der Waals surface area contributed by atoms with Crippen LogP contribution in [0.3, 0.4) is 0 Å². The molecular formula is C20H16N4O7S. The fraction of sp³-hybridized carbons (Fsp3) is 0. The van der Waals surface area contributed by atoms with Crippen LogP contribution in [0.2, 0.25) is 0 Å². The summed E-state index contributed by atoms with van der Waals surface area (Å²) in [5.74, 6) is -1.29. The number of hydrogen-bond donors (Lipinski definition) is 4. The van der Waals surface area contributed by atoms with Crippen molar-refractivity contribution < 1.29 is 28.3 Å². The molecule has 0 aliphatic rings. The van der Waals surface area contributed by atoms with E-state index in [-0.39, 0.29) is 22.7 Å². The molecule has 0 aliphatic heterocycles. The quantitative estimate of drug-likeness (QED) is 0.227. The molecule has 11 nitrogen and oxygen atoms in total. The summed E-state index contributed by atoms with van der Waals surface area (Å²) in [6, 6.07) is 14.5. The molecule has 0 saturated heterocycles. The first-order chi connectivity index (χ1) is 15.2. The van der Waals surface area contributed by atoms with Gasteiger partial charge in [0.05, 0.1) is 28.1 Å². The summed E-state index contributed by atoms with van der Waals surface area (Å²) < 4.78 is 28.1. The van der Waals surface area contributed by atoms with Crippen molar-refractivity contribution in [3.8, 4) is 5.75 Å². The van der Waals surface area contributed by atoms with Crippen molar-refractivity contribution in [3.05, 3.63) is 88.0 Å². The van der Waals surface area contributed by atoms with Gasteiger partial charge in [-0.15, -0.1) is 0 Å². The van der Waals surface area contributed by atoms with Gasteiger partial charge < -0.3 is 10.2 Å². The van der Waals surface area contributed by atoms with Crippen LogP contribution in [-0.2, 0) is 10.0 Å². The smallest absolute Gasteiger partial charge is 0.337 e. The molecule has 164 valence electrons. The topological polar surface area (TPSA) is 171 Å². The molecule has 3 aromatic carbocycles. The van der Waals surface area contributed by atoms with Crippen molar-refractivity contribution in [1.82, 2.24) is 0 Å². The summed E-state index contributed by atoms with van der Waals surface area (Å²) in [6.07, 6.45) is 1.35. The second-order valence-electron chi connectivity index (χ2n) is 6.36. The van der Waals surface area contributed by atoms with Crippen molar-refractivity contribution >= 4 is 39.3 Å². The van der Waals surface area contributed by atoms with E-state index in [1.807, 2.05) is 0 Å². The number of hydrazone groups is 1. The summed E-state index contributed by atoms with van der Waals surface area (Å²) in [7, 11) is -4.44. The number of phenols is 1. The largest absolute Gasteiger partial charge is 0.508 e. The number of aromatic carboxylic acids is 1. The molecule has 0 amide bonds. The SMILES string of the molecule is O=C(O)c1ccccc1NS(=O)(=O)c1cc([N+](=O)[O-])ccc1N/N=C/c1ccc(O)cc1. The van der Waals surface area contributed by atoms with Crippen molar-refractivity contribution in [2.24, 2.45) is 5.10 Å². The molecule has 3 rings (SSSR count). The Morgan fingerprint density at radius 3 is 2.38 bits per heavy atom. The number of carbonyl (C=O) groups is 1. The summed E-state index contributed by atoms with van der Waals surface area (Å²) >= 11 is 0. The number of benzene rings is 3. The second kappa shape index (κ2) is 9.14. The number of anilines is 2. The molecule has 32 heavy (non-hydrogen) atoms. The van der Waals surface area contributed by atoms with Gasteiger partial charge in [-0.1, -0.05) is 12.1 Å². The minimum Gasteiger partial charge on any atom is -0.508 e. The highest BCUT2D eigenvalue weighted by Gasteiger charge is 2.24. The molecular weight excluding hydrogens is 440 g/mol. The van der Waals surface area contributed by atoms with Crippen molar-refractivity contribution in [3.63, 3.8) is 0 Å². The molecule has 0 heterocycles. The van der Waals surface area contributed by atoms with E-state index in [9.17, 15) is 33.5 Å². The van der Waals surface area contributed by atoms with E-state index in [1.165, 1.54) is 48.7 Å². The number of hydrogen-bond acceptors (Lipinski definition) is 8. The van der Waals surface area contributed by atoms with E-state index >= 15 is 0 Å². The molecule has 0 bridgehead atoms. The molecule has 0 atom stereocenters. The van der Waals surface area contributed by atoms with Crippen LogP contribution < -0.4 is 10.1 Å². The van der Waals surface area contributed by atoms with Gasteiger partial charge in [0.2, 0.25) is 0 Å². The third-order valence-electron chi connectivity index (χ3n) is 4.16. The van der Waals surface area contributed by atoms with Crippen LogP contribution in [0.1, 0.15) is 15.9 Å². The number of carboxylic acids is 1. The number of carboxylic acid groups (broad SMARTS) is 1. The lowest BCUT2D eigenvalue weighted by molar-refractivity contribution is -0.385. The highest BCUT2D eigenvalue weighted by atomic mass is 32.2. The molecule has 0 saturated carbocycles. The zero-order valence-electron chi connectivity index (χ0n) is 16.2. The normalized spacial score (nSPS) is 11.2. The van der Waals surface area contributed by atoms with Crippen LogP contribution in [0.4, 0.5) is 17.1 Å². The highest BCUT2D eigenvalue weighted by molar-refractivity contribution is 7.93. The van der Waals surface area contributed by atoms with Crippen molar-refractivity contribution in [1.29, 1.82) is 0 Å². The molecule has 12 heteroatoms. The van der Waals surface area contributed by atoms with E-state index < -0.39 is 31.5 Å². The number of aromatic hydroxyl groups is 1. The third kappa shape index (κ3) is 5.17. The van der Waals surface area contributed by atoms with Gasteiger partial charge in [-0.3, -0.25) is 20.3 Å². The van der Waals surface area contributed by atoms with E-state index in [0.717, 1.165) is 12.1 Å². The molecule has 0 spiro atoms. The Labute approximate surface area is 181 Å². The van der Waals surface area contributed by atoms with E-state index in [4.69, 9.17) is 0 Å². The Morgan fingerprint density at radius 1 is 1.03 bits per heavy atom. The van der Waals surface area contributed by atoms with Gasteiger partial charge in [-0.2, -0.15) is 5.10 Å². The number of nitro benzene ring substituents is 1. The second-order valence-corrected chi connectivity index (χ2v) is 8.01. The third-order valence-corrected chi connectivity index (χ3v) is 5.56. The van der Waals surface area contributed by atoms with Gasteiger partial charge in [0.25, 0.3) is 15.7 Å². The maximum Gasteiger partial charge on any atom is 0.337 e. The highest BCUT2D eigenvalue weighted by Crippen LogP contribution is 2.29. The van der Waals surface area contributed by atoms with Crippen LogP contribution >= 0.6 is 0 Å². The predicted octanol–water partition coefficient (Wildman–Crippen LogP) is 3.25. The molecule has 0 fully saturated rings. The average molecular weight is 456 g/mol. The van der Waals surface area contributed by atoms with Crippen LogP contribution in [0.15, 0.2) is 76.7 Å². The Balaban J connectivity index is 1.97. The van der Waals surface area contributed by atoms with Crippen LogP contribution in [0, 0.1) is 10.1 Å². The van der Waals surface area contributed by atoms with Gasteiger partial charge in [-0.05, 0) is 48.0 Å². The number of para-hydroxylation sites is 1. The zero-order chi connectivity index (χ0) is 23.3. The lowest BCUT2D eigenvalue weighted by Gasteiger charge is -2.13. The monoisotopic (exact) mass is 456 g/mol. The molecule has 0 unspecified atom stereocenters. The molecule has 0 aliphatic carbocycles. The minimum absolute atomic E-state index is 0.0616. The Morgan fingerprint density at radius 2 is 1.72 bits per heavy atom. The standard InChI is InChI=1S/C20H16N4O7S/c25-15-8-5-13(6-9-15)12-21-22-18-10-7-14(24(28)29)11-19(18)32(30,31)23-17-4-2-1-3-16(17)20(26)27/h1-12,22-23,25H,(H,26,27)/b21-12+. The van der Waals surface area contributed by atoms with Crippen LogP contribution in [-0.4, -0.2) is 35.7 Å². The first kappa shape index (κ1) is 22.2. The zero-order valence-corrected chi connectivity index (χ0v) is 17.0. The fourth-order valence-corrected chi connectivity index (χ4v) is 3.89. The number of phenolic OH excluding ortho intramolecular Hbond substituents is 1. The average Bonchev–Trinajstić information content (AvgIpc) is 2.75. The maximum absolute atomic E-state index is 13.0. The van der Waals surface area contributed by atoms with E-state index in [1.54, 1.807) is 12.1 Å². The molecule has 0 aromatic heterocycles. The van der Waals surface area contributed by atoms with Gasteiger partial charge in [0, 0.05) is 12.1 Å². The van der Waals surface area contributed by atoms with E-state index in [2.05, 4.69) is 15.2 Å².